The number of ether oxygens (including phenoxy) is 1. The molecule has 1 aromatic rings. The average Bonchev–Trinajstić information content (AvgIpc) is 2.49. The van der Waals surface area contributed by atoms with E-state index in [4.69, 9.17) is 10.5 Å². The van der Waals surface area contributed by atoms with Gasteiger partial charge in [-0.3, -0.25) is 9.59 Å². The summed E-state index contributed by atoms with van der Waals surface area (Å²) in [5, 5.41) is 2.88. The monoisotopic (exact) mass is 305 g/mol. The maximum atomic E-state index is 11.9. The molecule has 0 saturated carbocycles. The Hall–Kier alpha value is -1.92. The number of aryl methyl sites for hydroxylation is 1. The Balaban J connectivity index is 2.00. The lowest BCUT2D eigenvalue weighted by molar-refractivity contribution is -0.125. The molecule has 1 aliphatic rings. The number of hydrogen-bond donors (Lipinski definition) is 2. The van der Waals surface area contributed by atoms with Crippen LogP contribution in [0.25, 0.3) is 0 Å². The summed E-state index contributed by atoms with van der Waals surface area (Å²) >= 11 is 0. The lowest BCUT2D eigenvalue weighted by atomic mass is 10.1. The van der Waals surface area contributed by atoms with Crippen LogP contribution in [0.4, 0.5) is 11.4 Å². The van der Waals surface area contributed by atoms with Crippen molar-refractivity contribution in [1.82, 2.24) is 0 Å². The van der Waals surface area contributed by atoms with Gasteiger partial charge in [0.25, 0.3) is 5.91 Å². The number of carbonyl (C=O) groups is 2. The van der Waals surface area contributed by atoms with E-state index in [0.29, 0.717) is 26.1 Å². The second-order valence-corrected chi connectivity index (χ2v) is 5.39. The van der Waals surface area contributed by atoms with Gasteiger partial charge in [0.05, 0.1) is 6.61 Å². The Morgan fingerprint density at radius 1 is 1.41 bits per heavy atom. The number of nitrogens with two attached hydrogens (primary N) is 1. The Morgan fingerprint density at radius 2 is 2.23 bits per heavy atom. The van der Waals surface area contributed by atoms with Crippen LogP contribution < -0.4 is 16.0 Å². The quantitative estimate of drug-likeness (QED) is 0.779. The lowest BCUT2D eigenvalue weighted by Gasteiger charge is -2.28. The molecule has 2 rings (SSSR count). The third-order valence-electron chi connectivity index (χ3n) is 3.62. The fourth-order valence-electron chi connectivity index (χ4n) is 2.46. The molecular weight excluding hydrogens is 282 g/mol. The van der Waals surface area contributed by atoms with Crippen LogP contribution in [0.15, 0.2) is 18.2 Å². The molecule has 2 amide bonds. The lowest BCUT2D eigenvalue weighted by Crippen LogP contribution is -2.42. The van der Waals surface area contributed by atoms with E-state index in [2.05, 4.69) is 5.32 Å². The van der Waals surface area contributed by atoms with E-state index in [1.807, 2.05) is 25.1 Å². The van der Waals surface area contributed by atoms with Crippen LogP contribution in [0.2, 0.25) is 0 Å². The van der Waals surface area contributed by atoms with Crippen LogP contribution in [-0.2, 0) is 14.3 Å². The van der Waals surface area contributed by atoms with Gasteiger partial charge in [-0.2, -0.15) is 0 Å². The first-order valence-corrected chi connectivity index (χ1v) is 7.60. The molecular formula is C16H23N3O3. The number of carbonyl (C=O) groups excluding carboxylic acids is 2. The summed E-state index contributed by atoms with van der Waals surface area (Å²) in [5.41, 5.74) is 7.99. The Kier molecular flexibility index (Phi) is 5.91. The van der Waals surface area contributed by atoms with E-state index in [1.54, 1.807) is 4.90 Å². The average molecular weight is 305 g/mol. The van der Waals surface area contributed by atoms with Gasteiger partial charge in [-0.15, -0.1) is 0 Å². The second-order valence-electron chi connectivity index (χ2n) is 5.39. The Bertz CT molecular complexity index is 545. The highest BCUT2D eigenvalue weighted by Crippen LogP contribution is 2.25. The molecule has 0 atom stereocenters. The van der Waals surface area contributed by atoms with Gasteiger partial charge >= 0.3 is 0 Å². The molecule has 1 aromatic carbocycles. The Morgan fingerprint density at radius 3 is 2.91 bits per heavy atom. The van der Waals surface area contributed by atoms with Crippen molar-refractivity contribution >= 4 is 23.2 Å². The van der Waals surface area contributed by atoms with Gasteiger partial charge < -0.3 is 20.7 Å². The molecule has 0 spiro atoms. The van der Waals surface area contributed by atoms with E-state index < -0.39 is 0 Å². The number of rotatable bonds is 6. The zero-order valence-electron chi connectivity index (χ0n) is 12.9. The summed E-state index contributed by atoms with van der Waals surface area (Å²) in [6, 6.07) is 5.58. The number of nitrogens with one attached hydrogen (secondary N) is 1. The van der Waals surface area contributed by atoms with Crippen molar-refractivity contribution in [1.29, 1.82) is 0 Å². The van der Waals surface area contributed by atoms with E-state index in [-0.39, 0.29) is 18.4 Å². The fourth-order valence-corrected chi connectivity index (χ4v) is 2.46. The fraction of sp³-hybridized carbons (Fsp3) is 0.500. The zero-order chi connectivity index (χ0) is 15.9. The van der Waals surface area contributed by atoms with Gasteiger partial charge in [0.2, 0.25) is 5.91 Å². The smallest absolute Gasteiger partial charge is 0.253 e. The molecule has 1 heterocycles. The van der Waals surface area contributed by atoms with Crippen LogP contribution in [-0.4, -0.2) is 38.1 Å². The maximum Gasteiger partial charge on any atom is 0.253 e. The van der Waals surface area contributed by atoms with Gasteiger partial charge in [0.15, 0.2) is 0 Å². The summed E-state index contributed by atoms with van der Waals surface area (Å²) in [4.78, 5) is 25.4. The molecule has 1 aliphatic heterocycles. The van der Waals surface area contributed by atoms with Gasteiger partial charge in [-0.1, -0.05) is 0 Å². The van der Waals surface area contributed by atoms with Gasteiger partial charge in [0, 0.05) is 24.3 Å². The van der Waals surface area contributed by atoms with Crippen molar-refractivity contribution in [3.05, 3.63) is 23.8 Å². The molecule has 0 radical (unpaired) electrons. The third kappa shape index (κ3) is 4.29. The maximum absolute atomic E-state index is 11.9. The minimum atomic E-state index is -0.0343. The van der Waals surface area contributed by atoms with Gasteiger partial charge in [-0.05, 0) is 50.1 Å². The molecule has 3 N–H and O–H groups in total. The van der Waals surface area contributed by atoms with Crippen LogP contribution in [0.5, 0.6) is 0 Å². The molecule has 6 nitrogen and oxygen atoms in total. The number of nitrogens with zero attached hydrogens (tertiary/aromatic N) is 1. The van der Waals surface area contributed by atoms with Crippen LogP contribution in [0.3, 0.4) is 0 Å². The molecule has 22 heavy (non-hydrogen) atoms. The summed E-state index contributed by atoms with van der Waals surface area (Å²) in [6.07, 6.45) is 2.12. The molecule has 0 aliphatic carbocycles. The van der Waals surface area contributed by atoms with Gasteiger partial charge in [0.1, 0.15) is 6.61 Å². The largest absolute Gasteiger partial charge is 0.370 e. The first-order chi connectivity index (χ1) is 10.6. The van der Waals surface area contributed by atoms with Crippen molar-refractivity contribution < 1.29 is 14.3 Å². The van der Waals surface area contributed by atoms with Gasteiger partial charge in [-0.25, -0.2) is 0 Å². The SMILES string of the molecule is Cc1cc(NC(=O)CCCCN)ccc1N1CCOCC1=O. The summed E-state index contributed by atoms with van der Waals surface area (Å²) in [7, 11) is 0. The third-order valence-corrected chi connectivity index (χ3v) is 3.62. The first kappa shape index (κ1) is 16.5. The number of benzene rings is 1. The first-order valence-electron chi connectivity index (χ1n) is 7.60. The molecule has 0 unspecified atom stereocenters. The van der Waals surface area contributed by atoms with Crippen molar-refractivity contribution in [2.45, 2.75) is 26.2 Å². The number of hydrogen-bond acceptors (Lipinski definition) is 4. The van der Waals surface area contributed by atoms with Crippen molar-refractivity contribution in [3.8, 4) is 0 Å². The molecule has 6 heteroatoms. The number of amides is 2. The number of anilines is 2. The summed E-state index contributed by atoms with van der Waals surface area (Å²) < 4.78 is 5.14. The molecule has 1 fully saturated rings. The van der Waals surface area contributed by atoms with Crippen LogP contribution in [0, 0.1) is 6.92 Å². The summed E-state index contributed by atoms with van der Waals surface area (Å²) in [5.74, 6) is -0.0454. The topological polar surface area (TPSA) is 84.7 Å². The van der Waals surface area contributed by atoms with Crippen molar-refractivity contribution in [2.24, 2.45) is 5.73 Å². The minimum Gasteiger partial charge on any atom is -0.370 e. The van der Waals surface area contributed by atoms with Crippen LogP contribution in [0.1, 0.15) is 24.8 Å². The normalized spacial score (nSPS) is 15.0. The molecule has 120 valence electrons. The Labute approximate surface area is 130 Å². The van der Waals surface area contributed by atoms with Crippen LogP contribution >= 0.6 is 0 Å². The van der Waals surface area contributed by atoms with E-state index in [9.17, 15) is 9.59 Å². The highest BCUT2D eigenvalue weighted by atomic mass is 16.5. The molecule has 0 aromatic heterocycles. The highest BCUT2D eigenvalue weighted by molar-refractivity contribution is 5.96. The minimum absolute atomic E-state index is 0.0111. The number of unbranched alkanes of at least 4 members (excludes halogenated alkanes) is 1. The van der Waals surface area contributed by atoms with E-state index in [0.717, 1.165) is 29.8 Å². The molecule has 1 saturated heterocycles. The zero-order valence-corrected chi connectivity index (χ0v) is 12.9. The van der Waals surface area contributed by atoms with E-state index in [1.165, 1.54) is 0 Å². The predicted octanol–water partition coefficient (Wildman–Crippen LogP) is 1.43. The van der Waals surface area contributed by atoms with E-state index >= 15 is 0 Å². The highest BCUT2D eigenvalue weighted by Gasteiger charge is 2.21. The van der Waals surface area contributed by atoms with Crippen molar-refractivity contribution in [3.63, 3.8) is 0 Å². The van der Waals surface area contributed by atoms with Crippen molar-refractivity contribution in [2.75, 3.05) is 36.5 Å². The number of morpholine rings is 1. The summed E-state index contributed by atoms with van der Waals surface area (Å²) in [6.45, 7) is 3.77. The second kappa shape index (κ2) is 7.91. The standard InChI is InChI=1S/C16H23N3O3/c1-12-10-13(18-15(20)4-2-3-7-17)5-6-14(12)19-8-9-22-11-16(19)21/h5-6,10H,2-4,7-9,11,17H2,1H3,(H,18,20). The predicted molar refractivity (Wildman–Crippen MR) is 85.9 cm³/mol. The molecule has 0 bridgehead atoms.